The average Bonchev–Trinajstić information content (AvgIpc) is 3.49. The van der Waals surface area contributed by atoms with Crippen LogP contribution in [0.3, 0.4) is 0 Å². The first kappa shape index (κ1) is 18.3. The van der Waals surface area contributed by atoms with E-state index in [1.54, 1.807) is 17.4 Å². The van der Waals surface area contributed by atoms with Crippen LogP contribution in [0.15, 0.2) is 60.1 Å². The van der Waals surface area contributed by atoms with E-state index in [0.29, 0.717) is 12.5 Å². The minimum absolute atomic E-state index is 0.115. The molecule has 2 aliphatic rings. The van der Waals surface area contributed by atoms with Gasteiger partial charge in [0, 0.05) is 40.1 Å². The van der Waals surface area contributed by atoms with Crippen molar-refractivity contribution in [2.45, 2.75) is 31.3 Å². The highest BCUT2D eigenvalue weighted by Gasteiger charge is 2.49. The van der Waals surface area contributed by atoms with Crippen LogP contribution in [0.4, 0.5) is 4.39 Å². The molecule has 2 unspecified atom stereocenters. The predicted octanol–water partition coefficient (Wildman–Crippen LogP) is 5.02. The molecule has 0 spiro atoms. The third-order valence-electron chi connectivity index (χ3n) is 5.99. The van der Waals surface area contributed by atoms with Crippen LogP contribution >= 0.6 is 11.3 Å². The van der Waals surface area contributed by atoms with Crippen LogP contribution < -0.4 is 4.74 Å². The minimum Gasteiger partial charge on any atom is -0.477 e. The molecule has 6 heteroatoms. The van der Waals surface area contributed by atoms with Gasteiger partial charge >= 0.3 is 0 Å². The van der Waals surface area contributed by atoms with Crippen LogP contribution in [-0.4, -0.2) is 34.5 Å². The first-order valence-corrected chi connectivity index (χ1v) is 10.8. The van der Waals surface area contributed by atoms with Gasteiger partial charge in [0.25, 0.3) is 5.91 Å². The molecule has 2 aromatic heterocycles. The molecule has 0 radical (unpaired) electrons. The summed E-state index contributed by atoms with van der Waals surface area (Å²) in [4.78, 5) is 20.7. The second-order valence-electron chi connectivity index (χ2n) is 7.66. The maximum absolute atomic E-state index is 13.5. The third kappa shape index (κ3) is 3.42. The van der Waals surface area contributed by atoms with Crippen molar-refractivity contribution in [2.75, 3.05) is 6.61 Å². The number of fused-ring (bicyclic) bond motifs is 2. The molecule has 2 saturated heterocycles. The Hall–Kier alpha value is -2.73. The molecule has 29 heavy (non-hydrogen) atoms. The summed E-state index contributed by atoms with van der Waals surface area (Å²) in [5.74, 6) is 0.441. The highest BCUT2D eigenvalue weighted by atomic mass is 32.1. The van der Waals surface area contributed by atoms with Gasteiger partial charge in [0.2, 0.25) is 5.88 Å². The molecule has 2 aliphatic heterocycles. The Bertz CT molecular complexity index is 1010. The zero-order valence-corrected chi connectivity index (χ0v) is 16.6. The van der Waals surface area contributed by atoms with Crippen LogP contribution in [0.1, 0.15) is 29.6 Å². The Balaban J connectivity index is 1.34. The molecule has 0 saturated carbocycles. The Morgan fingerprint density at radius 2 is 2.07 bits per heavy atom. The number of nitrogens with zero attached hydrogens (tertiary/aromatic N) is 2. The maximum atomic E-state index is 13.5. The van der Waals surface area contributed by atoms with Crippen LogP contribution in [0.25, 0.3) is 10.4 Å². The second kappa shape index (κ2) is 7.59. The van der Waals surface area contributed by atoms with E-state index in [1.807, 2.05) is 35.7 Å². The summed E-state index contributed by atoms with van der Waals surface area (Å²) in [6.07, 6.45) is 4.15. The van der Waals surface area contributed by atoms with Gasteiger partial charge in [-0.1, -0.05) is 24.3 Å². The number of thiophene rings is 1. The number of pyridine rings is 1. The number of hydrogen-bond acceptors (Lipinski definition) is 4. The van der Waals surface area contributed by atoms with E-state index in [1.165, 1.54) is 6.07 Å². The van der Waals surface area contributed by atoms with Crippen molar-refractivity contribution in [3.8, 4) is 16.3 Å². The van der Waals surface area contributed by atoms with Gasteiger partial charge in [-0.25, -0.2) is 9.37 Å². The summed E-state index contributed by atoms with van der Waals surface area (Å²) in [5.41, 5.74) is 1.77. The molecular formula is C23H21FN2O2S. The number of ether oxygens (including phenoxy) is 1. The maximum Gasteiger partial charge on any atom is 0.255 e. The van der Waals surface area contributed by atoms with E-state index in [4.69, 9.17) is 4.74 Å². The summed E-state index contributed by atoms with van der Waals surface area (Å²) in [6, 6.07) is 15.3. The fourth-order valence-corrected chi connectivity index (χ4v) is 5.47. The Morgan fingerprint density at radius 1 is 1.17 bits per heavy atom. The lowest BCUT2D eigenvalue weighted by atomic mass is 9.90. The molecule has 1 amide bonds. The first-order chi connectivity index (χ1) is 14.2. The molecular weight excluding hydrogens is 387 g/mol. The second-order valence-corrected chi connectivity index (χ2v) is 8.60. The number of amides is 1. The van der Waals surface area contributed by atoms with E-state index in [0.717, 1.165) is 41.5 Å². The Morgan fingerprint density at radius 3 is 2.86 bits per heavy atom. The average molecular weight is 408 g/mol. The van der Waals surface area contributed by atoms with Crippen LogP contribution in [0, 0.1) is 11.7 Å². The van der Waals surface area contributed by atoms with Crippen LogP contribution in [-0.2, 0) is 0 Å². The molecule has 148 valence electrons. The van der Waals surface area contributed by atoms with Gasteiger partial charge in [0.15, 0.2) is 0 Å². The van der Waals surface area contributed by atoms with E-state index in [-0.39, 0.29) is 29.7 Å². The third-order valence-corrected chi connectivity index (χ3v) is 6.89. The van der Waals surface area contributed by atoms with Crippen LogP contribution in [0.5, 0.6) is 5.88 Å². The summed E-state index contributed by atoms with van der Waals surface area (Å²) in [7, 11) is 0. The SMILES string of the molecule is O=C(c1ccccc1-c1cccs1)N1C2CC[C@H]1C(COc1ccc(F)cn1)C2. The minimum atomic E-state index is -0.376. The number of benzene rings is 1. The van der Waals surface area contributed by atoms with Crippen LogP contribution in [0.2, 0.25) is 0 Å². The topological polar surface area (TPSA) is 42.4 Å². The van der Waals surface area contributed by atoms with Gasteiger partial charge in [-0.2, -0.15) is 0 Å². The molecule has 4 heterocycles. The molecule has 3 aromatic rings. The van der Waals surface area contributed by atoms with Gasteiger partial charge in [-0.3, -0.25) is 4.79 Å². The Kier molecular flexibility index (Phi) is 4.79. The van der Waals surface area contributed by atoms with Gasteiger partial charge in [0.1, 0.15) is 5.82 Å². The lowest BCUT2D eigenvalue weighted by Crippen LogP contribution is -2.37. The van der Waals surface area contributed by atoms with Crippen molar-refractivity contribution in [1.29, 1.82) is 0 Å². The van der Waals surface area contributed by atoms with Crippen molar-refractivity contribution in [1.82, 2.24) is 9.88 Å². The number of aromatic nitrogens is 1. The number of rotatable bonds is 5. The molecule has 0 N–H and O–H groups in total. The quantitative estimate of drug-likeness (QED) is 0.595. The van der Waals surface area contributed by atoms with E-state index < -0.39 is 0 Å². The van der Waals surface area contributed by atoms with Crippen molar-refractivity contribution in [2.24, 2.45) is 5.92 Å². The first-order valence-electron chi connectivity index (χ1n) is 9.90. The van der Waals surface area contributed by atoms with Crippen molar-refractivity contribution >= 4 is 17.2 Å². The standard InChI is InChI=1S/C23H21FN2O2S/c24-16-7-10-22(25-13-16)28-14-15-12-17-8-9-20(15)26(17)23(27)19-5-2-1-4-18(19)21-6-3-11-29-21/h1-7,10-11,13,15,17,20H,8-9,12,14H2/t15?,17?,20-/m0/s1. The molecule has 2 bridgehead atoms. The number of halogens is 1. The van der Waals surface area contributed by atoms with Gasteiger partial charge in [-0.05, 0) is 42.8 Å². The normalized spacial score (nSPS) is 22.8. The monoisotopic (exact) mass is 408 g/mol. The fraction of sp³-hybridized carbons (Fsp3) is 0.304. The zero-order valence-electron chi connectivity index (χ0n) is 15.8. The van der Waals surface area contributed by atoms with Gasteiger partial charge in [-0.15, -0.1) is 11.3 Å². The molecule has 2 fully saturated rings. The van der Waals surface area contributed by atoms with E-state index in [9.17, 15) is 9.18 Å². The largest absolute Gasteiger partial charge is 0.477 e. The molecule has 1 aromatic carbocycles. The molecule has 0 aliphatic carbocycles. The fourth-order valence-electron chi connectivity index (χ4n) is 4.70. The summed E-state index contributed by atoms with van der Waals surface area (Å²) in [6.45, 7) is 0.496. The predicted molar refractivity (Wildman–Crippen MR) is 111 cm³/mol. The molecule has 3 atom stereocenters. The highest BCUT2D eigenvalue weighted by Crippen LogP contribution is 2.43. The smallest absolute Gasteiger partial charge is 0.255 e. The summed E-state index contributed by atoms with van der Waals surface area (Å²) in [5, 5.41) is 2.03. The zero-order chi connectivity index (χ0) is 19.8. The van der Waals surface area contributed by atoms with Gasteiger partial charge in [0.05, 0.1) is 12.8 Å². The lowest BCUT2D eigenvalue weighted by Gasteiger charge is -2.25. The van der Waals surface area contributed by atoms with Crippen molar-refractivity contribution in [3.63, 3.8) is 0 Å². The Labute approximate surface area is 173 Å². The van der Waals surface area contributed by atoms with E-state index in [2.05, 4.69) is 16.0 Å². The summed E-state index contributed by atoms with van der Waals surface area (Å²) >= 11 is 1.65. The number of hydrogen-bond donors (Lipinski definition) is 0. The molecule has 4 nitrogen and oxygen atoms in total. The summed E-state index contributed by atoms with van der Waals surface area (Å²) < 4.78 is 18.8. The van der Waals surface area contributed by atoms with Crippen molar-refractivity contribution < 1.29 is 13.9 Å². The number of carbonyl (C=O) groups excluding carboxylic acids is 1. The molecule has 5 rings (SSSR count). The van der Waals surface area contributed by atoms with E-state index >= 15 is 0 Å². The highest BCUT2D eigenvalue weighted by molar-refractivity contribution is 7.13. The van der Waals surface area contributed by atoms with Crippen molar-refractivity contribution in [3.05, 3.63) is 71.5 Å². The lowest BCUT2D eigenvalue weighted by molar-refractivity contribution is 0.0710. The number of carbonyl (C=O) groups is 1. The van der Waals surface area contributed by atoms with Gasteiger partial charge < -0.3 is 9.64 Å².